The van der Waals surface area contributed by atoms with Crippen molar-refractivity contribution in [2.45, 2.75) is 38.2 Å². The Morgan fingerprint density at radius 3 is 2.79 bits per heavy atom. The van der Waals surface area contributed by atoms with Gasteiger partial charge in [0.2, 0.25) is 11.5 Å². The lowest BCUT2D eigenvalue weighted by molar-refractivity contribution is -0.137. The largest absolute Gasteiger partial charge is 0.461 e. The van der Waals surface area contributed by atoms with Crippen molar-refractivity contribution in [3.05, 3.63) is 41.7 Å². The Labute approximate surface area is 191 Å². The first-order chi connectivity index (χ1) is 15.8. The average molecular weight is 450 g/mol. The summed E-state index contributed by atoms with van der Waals surface area (Å²) in [5, 5.41) is 17.7. The highest BCUT2D eigenvalue weighted by Crippen LogP contribution is 2.29. The number of rotatable bonds is 5. The number of nitrogens with zero attached hydrogens (tertiary/aromatic N) is 3. The third-order valence-corrected chi connectivity index (χ3v) is 5.95. The van der Waals surface area contributed by atoms with Crippen LogP contribution in [0.1, 0.15) is 48.7 Å². The molecule has 1 aromatic carbocycles. The molecule has 2 fully saturated rings. The predicted octanol–water partition coefficient (Wildman–Crippen LogP) is 1.73. The monoisotopic (exact) mass is 450 g/mol. The first kappa shape index (κ1) is 22.6. The van der Waals surface area contributed by atoms with Gasteiger partial charge in [0.15, 0.2) is 5.69 Å². The van der Waals surface area contributed by atoms with Crippen LogP contribution in [0.5, 0.6) is 0 Å². The van der Waals surface area contributed by atoms with Gasteiger partial charge in [-0.3, -0.25) is 9.59 Å². The molecule has 2 amide bonds. The van der Waals surface area contributed by atoms with Crippen molar-refractivity contribution >= 4 is 23.5 Å². The molecule has 4 rings (SSSR count). The fourth-order valence-electron chi connectivity index (χ4n) is 3.72. The SMILES string of the molecule is CCOC(=O)c1nn(-c2cccc(C#C[C@]3(O)CCN(C)C3=O)c2)cc1NC(=O)C1CCC1. The average Bonchev–Trinajstić information content (AvgIpc) is 3.29. The molecule has 0 radical (unpaired) electrons. The molecule has 9 nitrogen and oxygen atoms in total. The number of hydrogen-bond acceptors (Lipinski definition) is 6. The maximum atomic E-state index is 12.4. The number of ether oxygens (including phenoxy) is 1. The summed E-state index contributed by atoms with van der Waals surface area (Å²) in [6.45, 7) is 2.33. The third-order valence-electron chi connectivity index (χ3n) is 5.95. The maximum absolute atomic E-state index is 12.4. The van der Waals surface area contributed by atoms with E-state index >= 15 is 0 Å². The summed E-state index contributed by atoms with van der Waals surface area (Å²) in [4.78, 5) is 38.5. The molecule has 2 aromatic rings. The summed E-state index contributed by atoms with van der Waals surface area (Å²) >= 11 is 0. The third kappa shape index (κ3) is 4.61. The number of likely N-dealkylation sites (tertiary alicyclic amines) is 1. The number of likely N-dealkylation sites (N-methyl/N-ethyl adjacent to an activating group) is 1. The van der Waals surface area contributed by atoms with E-state index in [0.717, 1.165) is 19.3 Å². The lowest BCUT2D eigenvalue weighted by Crippen LogP contribution is -2.37. The zero-order valence-electron chi connectivity index (χ0n) is 18.6. The molecule has 33 heavy (non-hydrogen) atoms. The molecule has 9 heteroatoms. The Kier molecular flexibility index (Phi) is 6.20. The van der Waals surface area contributed by atoms with Crippen molar-refractivity contribution in [1.29, 1.82) is 0 Å². The summed E-state index contributed by atoms with van der Waals surface area (Å²) in [7, 11) is 1.63. The number of esters is 1. The number of nitrogens with one attached hydrogen (secondary N) is 1. The lowest BCUT2D eigenvalue weighted by atomic mass is 9.85. The number of aliphatic hydroxyl groups is 1. The molecular formula is C24H26N4O5. The molecule has 1 saturated heterocycles. The Bertz CT molecular complexity index is 1160. The fourth-order valence-corrected chi connectivity index (χ4v) is 3.72. The number of benzene rings is 1. The van der Waals surface area contributed by atoms with Gasteiger partial charge in [-0.2, -0.15) is 5.10 Å². The van der Waals surface area contributed by atoms with Gasteiger partial charge in [0.05, 0.1) is 24.2 Å². The van der Waals surface area contributed by atoms with E-state index in [9.17, 15) is 19.5 Å². The molecule has 1 aliphatic heterocycles. The smallest absolute Gasteiger partial charge is 0.361 e. The zero-order chi connectivity index (χ0) is 23.6. The Morgan fingerprint density at radius 1 is 1.36 bits per heavy atom. The number of anilines is 1. The molecule has 2 heterocycles. The summed E-state index contributed by atoms with van der Waals surface area (Å²) in [6, 6.07) is 7.00. The molecule has 0 spiro atoms. The second-order valence-corrected chi connectivity index (χ2v) is 8.31. The van der Waals surface area contributed by atoms with Crippen molar-refractivity contribution in [3.63, 3.8) is 0 Å². The van der Waals surface area contributed by atoms with E-state index in [4.69, 9.17) is 4.74 Å². The van der Waals surface area contributed by atoms with Gasteiger partial charge in [-0.05, 0) is 38.0 Å². The maximum Gasteiger partial charge on any atom is 0.361 e. The van der Waals surface area contributed by atoms with Gasteiger partial charge >= 0.3 is 5.97 Å². The number of hydrogen-bond donors (Lipinski definition) is 2. The minimum absolute atomic E-state index is 0.0231. The molecule has 1 aromatic heterocycles. The van der Waals surface area contributed by atoms with Gasteiger partial charge in [-0.25, -0.2) is 9.48 Å². The lowest BCUT2D eigenvalue weighted by Gasteiger charge is -2.23. The molecule has 1 atom stereocenters. The second-order valence-electron chi connectivity index (χ2n) is 8.31. The van der Waals surface area contributed by atoms with E-state index < -0.39 is 17.5 Å². The zero-order valence-corrected chi connectivity index (χ0v) is 18.6. The summed E-state index contributed by atoms with van der Waals surface area (Å²) < 4.78 is 6.57. The topological polar surface area (TPSA) is 114 Å². The molecule has 1 saturated carbocycles. The number of amides is 2. The molecule has 172 valence electrons. The first-order valence-electron chi connectivity index (χ1n) is 11.0. The van der Waals surface area contributed by atoms with E-state index in [1.807, 2.05) is 0 Å². The van der Waals surface area contributed by atoms with E-state index in [1.54, 1.807) is 44.4 Å². The first-order valence-corrected chi connectivity index (χ1v) is 11.0. The van der Waals surface area contributed by atoms with Crippen LogP contribution >= 0.6 is 0 Å². The predicted molar refractivity (Wildman–Crippen MR) is 120 cm³/mol. The normalized spacial score (nSPS) is 20.1. The van der Waals surface area contributed by atoms with Gasteiger partial charge in [-0.1, -0.05) is 24.3 Å². The fraction of sp³-hybridized carbons (Fsp3) is 0.417. The van der Waals surface area contributed by atoms with E-state index in [1.165, 1.54) is 9.58 Å². The minimum Gasteiger partial charge on any atom is -0.461 e. The Hall–Kier alpha value is -3.64. The molecular weight excluding hydrogens is 424 g/mol. The summed E-state index contributed by atoms with van der Waals surface area (Å²) in [5.74, 6) is 4.33. The van der Waals surface area contributed by atoms with E-state index in [-0.39, 0.29) is 36.2 Å². The number of aromatic nitrogens is 2. The van der Waals surface area contributed by atoms with Gasteiger partial charge in [-0.15, -0.1) is 0 Å². The van der Waals surface area contributed by atoms with Crippen LogP contribution in [0.4, 0.5) is 5.69 Å². The second kappa shape index (κ2) is 9.08. The van der Waals surface area contributed by atoms with Crippen molar-refractivity contribution in [2.75, 3.05) is 25.5 Å². The van der Waals surface area contributed by atoms with Gasteiger partial charge in [0, 0.05) is 31.5 Å². The molecule has 0 bridgehead atoms. The van der Waals surface area contributed by atoms with Crippen molar-refractivity contribution in [3.8, 4) is 17.5 Å². The highest BCUT2D eigenvalue weighted by atomic mass is 16.5. The van der Waals surface area contributed by atoms with Crippen LogP contribution in [0, 0.1) is 17.8 Å². The molecule has 1 aliphatic carbocycles. The number of carbonyl (C=O) groups excluding carboxylic acids is 3. The molecule has 2 aliphatic rings. The van der Waals surface area contributed by atoms with E-state index in [2.05, 4.69) is 22.3 Å². The van der Waals surface area contributed by atoms with Crippen LogP contribution < -0.4 is 5.32 Å². The van der Waals surface area contributed by atoms with Crippen LogP contribution in [-0.4, -0.2) is 63.4 Å². The highest BCUT2D eigenvalue weighted by Gasteiger charge is 2.42. The Morgan fingerprint density at radius 2 is 2.15 bits per heavy atom. The van der Waals surface area contributed by atoms with Crippen LogP contribution in [0.25, 0.3) is 5.69 Å². The molecule has 0 unspecified atom stereocenters. The van der Waals surface area contributed by atoms with Crippen molar-refractivity contribution in [1.82, 2.24) is 14.7 Å². The van der Waals surface area contributed by atoms with Gasteiger partial charge < -0.3 is 20.1 Å². The van der Waals surface area contributed by atoms with Crippen LogP contribution in [0.15, 0.2) is 30.5 Å². The van der Waals surface area contributed by atoms with Crippen LogP contribution in [0.3, 0.4) is 0 Å². The van der Waals surface area contributed by atoms with Crippen LogP contribution in [-0.2, 0) is 14.3 Å². The van der Waals surface area contributed by atoms with E-state index in [0.29, 0.717) is 17.8 Å². The Balaban J connectivity index is 1.62. The minimum atomic E-state index is -1.69. The quantitative estimate of drug-likeness (QED) is 0.530. The van der Waals surface area contributed by atoms with Crippen LogP contribution in [0.2, 0.25) is 0 Å². The van der Waals surface area contributed by atoms with Gasteiger partial charge in [0.25, 0.3) is 5.91 Å². The summed E-state index contributed by atoms with van der Waals surface area (Å²) in [5.41, 5.74) is -0.215. The van der Waals surface area contributed by atoms with Crippen molar-refractivity contribution in [2.24, 2.45) is 5.92 Å². The molecule has 2 N–H and O–H groups in total. The van der Waals surface area contributed by atoms with Crippen molar-refractivity contribution < 1.29 is 24.2 Å². The summed E-state index contributed by atoms with van der Waals surface area (Å²) in [6.07, 6.45) is 4.51. The standard InChI is InChI=1S/C24H26N4O5/c1-3-33-22(30)20-19(25-21(29)17-7-5-8-17)15-28(26-20)18-9-4-6-16(14-18)10-11-24(32)12-13-27(2)23(24)31/h4,6,9,14-15,17,32H,3,5,7-8,12-13H2,1-2H3,(H,25,29)/t24-/m0/s1. The number of carbonyl (C=O) groups is 3. The van der Waals surface area contributed by atoms with Gasteiger partial charge in [0.1, 0.15) is 0 Å². The highest BCUT2D eigenvalue weighted by molar-refractivity contribution is 6.00.